The molecule has 0 aliphatic carbocycles. The van der Waals surface area contributed by atoms with Crippen LogP contribution >= 0.6 is 11.3 Å². The molecule has 0 fully saturated rings. The highest BCUT2D eigenvalue weighted by Crippen LogP contribution is 2.13. The van der Waals surface area contributed by atoms with Crippen molar-refractivity contribution in [2.24, 2.45) is 10.9 Å². The monoisotopic (exact) mass is 346 g/mol. The fourth-order valence-corrected chi connectivity index (χ4v) is 3.31. The molecule has 0 saturated heterocycles. The first-order valence-corrected chi connectivity index (χ1v) is 9.94. The zero-order valence-corrected chi connectivity index (χ0v) is 15.1. The summed E-state index contributed by atoms with van der Waals surface area (Å²) in [6, 6.07) is 4.21. The lowest BCUT2D eigenvalue weighted by Gasteiger charge is -2.15. The highest BCUT2D eigenvalue weighted by Gasteiger charge is 2.07. The van der Waals surface area contributed by atoms with E-state index in [0.29, 0.717) is 25.0 Å². The third kappa shape index (κ3) is 7.77. The van der Waals surface area contributed by atoms with Crippen molar-refractivity contribution in [3.05, 3.63) is 22.4 Å². The Kier molecular flexibility index (Phi) is 8.44. The van der Waals surface area contributed by atoms with Gasteiger partial charge in [-0.1, -0.05) is 13.0 Å². The maximum Gasteiger partial charge on any atom is 0.211 e. The lowest BCUT2D eigenvalue weighted by molar-refractivity contribution is 0.561. The van der Waals surface area contributed by atoms with Crippen LogP contribution in [0.15, 0.2) is 22.5 Å². The van der Waals surface area contributed by atoms with Crippen LogP contribution in [0.4, 0.5) is 0 Å². The van der Waals surface area contributed by atoms with Gasteiger partial charge in [0.15, 0.2) is 5.96 Å². The molecule has 0 radical (unpaired) electrons. The molecule has 3 N–H and O–H groups in total. The van der Waals surface area contributed by atoms with Crippen molar-refractivity contribution in [2.75, 3.05) is 32.4 Å². The van der Waals surface area contributed by atoms with Crippen LogP contribution in [0.5, 0.6) is 0 Å². The van der Waals surface area contributed by atoms with Gasteiger partial charge in [-0.2, -0.15) is 0 Å². The third-order valence-corrected chi connectivity index (χ3v) is 5.39. The number of hydrogen-bond acceptors (Lipinski definition) is 4. The third-order valence-electron chi connectivity index (χ3n) is 3.09. The van der Waals surface area contributed by atoms with E-state index in [2.05, 4.69) is 44.8 Å². The second-order valence-corrected chi connectivity index (χ2v) is 8.19. The normalized spacial score (nSPS) is 13.9. The smallest absolute Gasteiger partial charge is 0.211 e. The molecule has 0 amide bonds. The lowest BCUT2D eigenvalue weighted by Crippen LogP contribution is -2.43. The van der Waals surface area contributed by atoms with Crippen molar-refractivity contribution in [3.63, 3.8) is 0 Å². The first-order valence-electron chi connectivity index (χ1n) is 7.41. The second kappa shape index (κ2) is 9.81. The van der Waals surface area contributed by atoms with Crippen molar-refractivity contribution in [2.45, 2.75) is 20.3 Å². The molecule has 6 nitrogen and oxygen atoms in total. The number of sulfonamides is 1. The highest BCUT2D eigenvalue weighted by atomic mass is 32.2. The van der Waals surface area contributed by atoms with E-state index in [-0.39, 0.29) is 5.75 Å². The minimum absolute atomic E-state index is 0.0974. The first kappa shape index (κ1) is 18.9. The van der Waals surface area contributed by atoms with Gasteiger partial charge in [0.1, 0.15) is 0 Å². The van der Waals surface area contributed by atoms with Crippen LogP contribution in [0.2, 0.25) is 0 Å². The van der Waals surface area contributed by atoms with Gasteiger partial charge in [-0.15, -0.1) is 11.3 Å². The summed E-state index contributed by atoms with van der Waals surface area (Å²) < 4.78 is 25.1. The Hall–Kier alpha value is -1.12. The van der Waals surface area contributed by atoms with Gasteiger partial charge >= 0.3 is 0 Å². The van der Waals surface area contributed by atoms with Crippen molar-refractivity contribution in [3.8, 4) is 0 Å². The Bertz CT molecular complexity index is 541. The molecule has 1 atom stereocenters. The molecule has 0 aliphatic rings. The predicted molar refractivity (Wildman–Crippen MR) is 94.0 cm³/mol. The predicted octanol–water partition coefficient (Wildman–Crippen LogP) is 1.03. The lowest BCUT2D eigenvalue weighted by atomic mass is 10.1. The van der Waals surface area contributed by atoms with Gasteiger partial charge in [-0.25, -0.2) is 13.1 Å². The molecule has 1 heterocycles. The molecule has 0 bridgehead atoms. The van der Waals surface area contributed by atoms with E-state index in [1.54, 1.807) is 25.3 Å². The van der Waals surface area contributed by atoms with Gasteiger partial charge in [-0.05, 0) is 30.7 Å². The molecular weight excluding hydrogens is 320 g/mol. The van der Waals surface area contributed by atoms with Crippen LogP contribution in [-0.2, 0) is 16.4 Å². The number of guanidine groups is 1. The zero-order chi connectivity index (χ0) is 16.4. The molecule has 0 aromatic carbocycles. The van der Waals surface area contributed by atoms with Gasteiger partial charge in [0.05, 0.1) is 5.75 Å². The van der Waals surface area contributed by atoms with Crippen LogP contribution < -0.4 is 15.4 Å². The van der Waals surface area contributed by atoms with E-state index in [1.807, 2.05) is 0 Å². The quantitative estimate of drug-likeness (QED) is 0.354. The maximum atomic E-state index is 11.3. The first-order chi connectivity index (χ1) is 10.5. The van der Waals surface area contributed by atoms with E-state index in [4.69, 9.17) is 0 Å². The fraction of sp³-hybridized carbons (Fsp3) is 0.643. The van der Waals surface area contributed by atoms with Gasteiger partial charge < -0.3 is 10.6 Å². The molecule has 22 heavy (non-hydrogen) atoms. The largest absolute Gasteiger partial charge is 0.356 e. The molecule has 1 unspecified atom stereocenters. The molecule has 1 rings (SSSR count). The van der Waals surface area contributed by atoms with Crippen LogP contribution in [0.3, 0.4) is 0 Å². The molecular formula is C14H26N4O2S2. The summed E-state index contributed by atoms with van der Waals surface area (Å²) in [6.07, 6.45) is 1.04. The molecule has 0 aliphatic heterocycles. The number of hydrogen-bond donors (Lipinski definition) is 3. The maximum absolute atomic E-state index is 11.3. The Labute approximate surface area is 137 Å². The number of nitrogens with zero attached hydrogens (tertiary/aromatic N) is 1. The molecule has 1 aromatic rings. The minimum Gasteiger partial charge on any atom is -0.356 e. The van der Waals surface area contributed by atoms with Gasteiger partial charge in [0.2, 0.25) is 10.0 Å². The van der Waals surface area contributed by atoms with Crippen molar-refractivity contribution < 1.29 is 8.42 Å². The van der Waals surface area contributed by atoms with E-state index in [1.165, 1.54) is 4.88 Å². The Balaban J connectivity index is 2.22. The van der Waals surface area contributed by atoms with E-state index in [0.717, 1.165) is 13.0 Å². The summed E-state index contributed by atoms with van der Waals surface area (Å²) in [5, 5.41) is 8.45. The number of aliphatic imine (C=N–C) groups is 1. The van der Waals surface area contributed by atoms with Crippen LogP contribution in [-0.4, -0.2) is 46.8 Å². The Morgan fingerprint density at radius 2 is 2.14 bits per heavy atom. The molecule has 0 spiro atoms. The Morgan fingerprint density at radius 1 is 1.36 bits per heavy atom. The molecule has 126 valence electrons. The Morgan fingerprint density at radius 3 is 2.73 bits per heavy atom. The van der Waals surface area contributed by atoms with Gasteiger partial charge in [0, 0.05) is 31.6 Å². The summed E-state index contributed by atoms with van der Waals surface area (Å²) in [6.45, 7) is 5.47. The molecule has 1 aromatic heterocycles. The fourth-order valence-electron chi connectivity index (χ4n) is 1.83. The number of thiophene rings is 1. The topological polar surface area (TPSA) is 82.6 Å². The molecule has 8 heteroatoms. The van der Waals surface area contributed by atoms with Crippen LogP contribution in [0, 0.1) is 5.92 Å². The number of nitrogens with one attached hydrogen (secondary N) is 3. The summed E-state index contributed by atoms with van der Waals surface area (Å²) in [5.74, 6) is 1.28. The summed E-state index contributed by atoms with van der Waals surface area (Å²) in [4.78, 5) is 5.51. The number of rotatable bonds is 9. The SMILES string of the molecule is CCS(=O)(=O)NCCNC(=NC)NCC(C)Cc1cccs1. The standard InChI is InChI=1S/C14H26N4O2S2/c1-4-22(19,20)18-8-7-16-14(15-3)17-11-12(2)10-13-6-5-9-21-13/h5-6,9,12,18H,4,7-8,10-11H2,1-3H3,(H2,15,16,17). The van der Waals surface area contributed by atoms with Crippen molar-refractivity contribution in [1.29, 1.82) is 0 Å². The zero-order valence-electron chi connectivity index (χ0n) is 13.4. The summed E-state index contributed by atoms with van der Waals surface area (Å²) >= 11 is 1.77. The second-order valence-electron chi connectivity index (χ2n) is 5.07. The van der Waals surface area contributed by atoms with Gasteiger partial charge in [-0.3, -0.25) is 4.99 Å². The summed E-state index contributed by atoms with van der Waals surface area (Å²) in [5.41, 5.74) is 0. The summed E-state index contributed by atoms with van der Waals surface area (Å²) in [7, 11) is -1.42. The average molecular weight is 347 g/mol. The van der Waals surface area contributed by atoms with E-state index < -0.39 is 10.0 Å². The van der Waals surface area contributed by atoms with Crippen LogP contribution in [0.1, 0.15) is 18.7 Å². The molecule has 0 saturated carbocycles. The van der Waals surface area contributed by atoms with E-state index >= 15 is 0 Å². The highest BCUT2D eigenvalue weighted by molar-refractivity contribution is 7.89. The van der Waals surface area contributed by atoms with Crippen molar-refractivity contribution in [1.82, 2.24) is 15.4 Å². The van der Waals surface area contributed by atoms with Gasteiger partial charge in [0.25, 0.3) is 0 Å². The average Bonchev–Trinajstić information content (AvgIpc) is 2.99. The van der Waals surface area contributed by atoms with Crippen molar-refractivity contribution >= 4 is 27.3 Å². The minimum atomic E-state index is -3.13. The van der Waals surface area contributed by atoms with E-state index in [9.17, 15) is 8.42 Å². The van der Waals surface area contributed by atoms with Crippen LogP contribution in [0.25, 0.3) is 0 Å².